The van der Waals surface area contributed by atoms with E-state index >= 15 is 0 Å². The maximum atomic E-state index is 11.9. The van der Waals surface area contributed by atoms with Crippen molar-refractivity contribution in [2.45, 2.75) is 5.16 Å². The van der Waals surface area contributed by atoms with Crippen LogP contribution in [0.15, 0.2) is 23.5 Å². The molecule has 0 saturated carbocycles. The summed E-state index contributed by atoms with van der Waals surface area (Å²) in [6.45, 7) is 0. The van der Waals surface area contributed by atoms with E-state index in [0.29, 0.717) is 48.8 Å². The quantitative estimate of drug-likeness (QED) is 0.480. The van der Waals surface area contributed by atoms with Crippen molar-refractivity contribution in [3.05, 3.63) is 33.9 Å². The molecule has 1 aromatic carbocycles. The average Bonchev–Trinajstić information content (AvgIpc) is 3.08. The number of nitriles is 1. The molecule has 3 aromatic rings. The first kappa shape index (κ1) is 20.3. The summed E-state index contributed by atoms with van der Waals surface area (Å²) in [6.07, 6.45) is 1.56. The van der Waals surface area contributed by atoms with Crippen LogP contribution >= 0.6 is 35.0 Å². The molecule has 0 fully saturated rings. The second-order valence-electron chi connectivity index (χ2n) is 5.94. The molecule has 2 heterocycles. The summed E-state index contributed by atoms with van der Waals surface area (Å²) in [5, 5.41) is 11.1. The van der Waals surface area contributed by atoms with E-state index < -0.39 is 0 Å². The Morgan fingerprint density at radius 2 is 2.07 bits per heavy atom. The van der Waals surface area contributed by atoms with Gasteiger partial charge in [-0.3, -0.25) is 4.79 Å². The van der Waals surface area contributed by atoms with Crippen molar-refractivity contribution in [2.24, 2.45) is 0 Å². The number of amides is 1. The average molecular weight is 436 g/mol. The molecule has 7 nitrogen and oxygen atoms in total. The lowest BCUT2D eigenvalue weighted by molar-refractivity contribution is -0.125. The number of hydrogen-bond donors (Lipinski definition) is 1. The third kappa shape index (κ3) is 3.87. The number of rotatable bonds is 5. The Balaban J connectivity index is 2.18. The summed E-state index contributed by atoms with van der Waals surface area (Å²) >= 11 is 13.8. The molecule has 0 aliphatic heterocycles. The van der Waals surface area contributed by atoms with Gasteiger partial charge in [-0.05, 0) is 12.1 Å². The molecule has 2 aromatic heterocycles. The molecule has 0 unspecified atom stereocenters. The van der Waals surface area contributed by atoms with Crippen molar-refractivity contribution in [3.63, 3.8) is 0 Å². The summed E-state index contributed by atoms with van der Waals surface area (Å²) < 4.78 is 5.29. The molecular formula is C18H15Cl2N5O2S. The van der Waals surface area contributed by atoms with Crippen molar-refractivity contribution in [1.29, 1.82) is 5.26 Å². The molecule has 0 radical (unpaired) electrons. The molecule has 144 valence electrons. The summed E-state index contributed by atoms with van der Waals surface area (Å²) in [4.78, 5) is 25.4. The number of aromatic amines is 1. The summed E-state index contributed by atoms with van der Waals surface area (Å²) in [5.41, 5.74) is 1.87. The Bertz CT molecular complexity index is 1110. The highest BCUT2D eigenvalue weighted by molar-refractivity contribution is 7.99. The van der Waals surface area contributed by atoms with E-state index in [0.717, 1.165) is 0 Å². The van der Waals surface area contributed by atoms with Gasteiger partial charge in [0, 0.05) is 25.9 Å². The maximum absolute atomic E-state index is 11.9. The number of carbonyl (C=O) groups excluding carboxylic acids is 1. The first-order valence-electron chi connectivity index (χ1n) is 8.01. The van der Waals surface area contributed by atoms with Crippen LogP contribution in [0.25, 0.3) is 22.3 Å². The highest BCUT2D eigenvalue weighted by Crippen LogP contribution is 2.39. The van der Waals surface area contributed by atoms with Gasteiger partial charge in [-0.15, -0.1) is 0 Å². The number of methoxy groups -OCH3 is 1. The van der Waals surface area contributed by atoms with Crippen molar-refractivity contribution >= 4 is 51.9 Å². The SMILES string of the molecule is COc1cc(-c2nc(SCC(=O)N(C)C)nc3[nH]cc(C#N)c23)c(Cl)cc1Cl. The third-order valence-electron chi connectivity index (χ3n) is 3.95. The van der Waals surface area contributed by atoms with Gasteiger partial charge in [0.1, 0.15) is 17.5 Å². The van der Waals surface area contributed by atoms with Gasteiger partial charge < -0.3 is 14.6 Å². The number of carbonyl (C=O) groups is 1. The number of hydrogen-bond acceptors (Lipinski definition) is 6. The molecule has 10 heteroatoms. The molecule has 28 heavy (non-hydrogen) atoms. The van der Waals surface area contributed by atoms with Gasteiger partial charge in [0.25, 0.3) is 0 Å². The van der Waals surface area contributed by atoms with Crippen LogP contribution in [0.3, 0.4) is 0 Å². The third-order valence-corrected chi connectivity index (χ3v) is 5.39. The molecule has 0 atom stereocenters. The van der Waals surface area contributed by atoms with Crippen molar-refractivity contribution < 1.29 is 9.53 Å². The lowest BCUT2D eigenvalue weighted by atomic mass is 10.1. The summed E-state index contributed by atoms with van der Waals surface area (Å²) in [6, 6.07) is 5.35. The van der Waals surface area contributed by atoms with Crippen molar-refractivity contribution in [1.82, 2.24) is 19.9 Å². The molecule has 1 amide bonds. The highest BCUT2D eigenvalue weighted by Gasteiger charge is 2.20. The van der Waals surface area contributed by atoms with Gasteiger partial charge in [0.2, 0.25) is 5.91 Å². The maximum Gasteiger partial charge on any atom is 0.232 e. The Kier molecular flexibility index (Phi) is 5.98. The van der Waals surface area contributed by atoms with E-state index in [1.165, 1.54) is 23.8 Å². The standard InChI is InChI=1S/C18H15Cl2N5O2S/c1-25(2)14(26)8-28-18-23-16(15-9(6-21)7-22-17(15)24-18)10-4-13(27-3)12(20)5-11(10)19/h4-5,7H,8H2,1-3H3,(H,22,23,24). The number of H-pyrrole nitrogens is 1. The number of halogens is 2. The molecule has 0 spiro atoms. The molecule has 0 aliphatic rings. The van der Waals surface area contributed by atoms with Gasteiger partial charge in [-0.2, -0.15) is 5.26 Å². The van der Waals surface area contributed by atoms with Crippen LogP contribution in [0, 0.1) is 11.3 Å². The smallest absolute Gasteiger partial charge is 0.232 e. The molecule has 0 aliphatic carbocycles. The van der Waals surface area contributed by atoms with Crippen LogP contribution in [-0.2, 0) is 4.79 Å². The number of benzene rings is 1. The van der Waals surface area contributed by atoms with Crippen molar-refractivity contribution in [3.8, 4) is 23.1 Å². The van der Waals surface area contributed by atoms with Gasteiger partial charge in [-0.1, -0.05) is 35.0 Å². The molecule has 1 N–H and O–H groups in total. The zero-order chi connectivity index (χ0) is 20.4. The Morgan fingerprint density at radius 1 is 1.32 bits per heavy atom. The fourth-order valence-electron chi connectivity index (χ4n) is 2.48. The van der Waals surface area contributed by atoms with Crippen LogP contribution in [-0.4, -0.2) is 52.7 Å². The van der Waals surface area contributed by atoms with Crippen LogP contribution < -0.4 is 4.74 Å². The minimum Gasteiger partial charge on any atom is -0.495 e. The van der Waals surface area contributed by atoms with Crippen molar-refractivity contribution in [2.75, 3.05) is 27.0 Å². The van der Waals surface area contributed by atoms with Gasteiger partial charge in [0.15, 0.2) is 5.16 Å². The number of thioether (sulfide) groups is 1. The molecule has 0 saturated heterocycles. The van der Waals surface area contributed by atoms with Gasteiger partial charge in [-0.25, -0.2) is 9.97 Å². The number of fused-ring (bicyclic) bond motifs is 1. The number of ether oxygens (including phenoxy) is 1. The Morgan fingerprint density at radius 3 is 2.71 bits per heavy atom. The zero-order valence-corrected chi connectivity index (χ0v) is 17.5. The van der Waals surface area contributed by atoms with E-state index in [1.807, 2.05) is 0 Å². The first-order chi connectivity index (χ1) is 13.3. The van der Waals surface area contributed by atoms with E-state index in [1.54, 1.807) is 32.4 Å². The number of nitrogens with one attached hydrogen (secondary N) is 1. The van der Waals surface area contributed by atoms with E-state index in [-0.39, 0.29) is 11.7 Å². The summed E-state index contributed by atoms with van der Waals surface area (Å²) in [7, 11) is 4.87. The number of aromatic nitrogens is 3. The molecular weight excluding hydrogens is 421 g/mol. The van der Waals surface area contributed by atoms with Crippen LogP contribution in [0.1, 0.15) is 5.56 Å². The zero-order valence-electron chi connectivity index (χ0n) is 15.2. The second kappa shape index (κ2) is 8.27. The predicted molar refractivity (Wildman–Crippen MR) is 110 cm³/mol. The van der Waals surface area contributed by atoms with E-state index in [9.17, 15) is 10.1 Å². The topological polar surface area (TPSA) is 94.9 Å². The highest BCUT2D eigenvalue weighted by atomic mass is 35.5. The number of nitrogens with zero attached hydrogens (tertiary/aromatic N) is 4. The minimum atomic E-state index is -0.0642. The van der Waals surface area contributed by atoms with Crippen LogP contribution in [0.4, 0.5) is 0 Å². The first-order valence-corrected chi connectivity index (χ1v) is 9.75. The second-order valence-corrected chi connectivity index (χ2v) is 7.69. The fourth-order valence-corrected chi connectivity index (χ4v) is 3.85. The van der Waals surface area contributed by atoms with Crippen LogP contribution in [0.2, 0.25) is 10.0 Å². The minimum absolute atomic E-state index is 0.0642. The lowest BCUT2D eigenvalue weighted by Crippen LogP contribution is -2.23. The van der Waals surface area contributed by atoms with E-state index in [4.69, 9.17) is 27.9 Å². The van der Waals surface area contributed by atoms with E-state index in [2.05, 4.69) is 21.0 Å². The Labute approximate surface area is 175 Å². The largest absolute Gasteiger partial charge is 0.495 e. The molecule has 3 rings (SSSR count). The Hall–Kier alpha value is -2.47. The predicted octanol–water partition coefficient (Wildman–Crippen LogP) is 3.99. The van der Waals surface area contributed by atoms with Crippen LogP contribution in [0.5, 0.6) is 5.75 Å². The monoisotopic (exact) mass is 435 g/mol. The summed E-state index contributed by atoms with van der Waals surface area (Å²) in [5.74, 6) is 0.547. The van der Waals surface area contributed by atoms with Gasteiger partial charge >= 0.3 is 0 Å². The van der Waals surface area contributed by atoms with Gasteiger partial charge in [0.05, 0.1) is 39.6 Å². The fraction of sp³-hybridized carbons (Fsp3) is 0.222. The normalized spacial score (nSPS) is 10.7. The lowest BCUT2D eigenvalue weighted by Gasteiger charge is -2.12. The molecule has 0 bridgehead atoms.